The summed E-state index contributed by atoms with van der Waals surface area (Å²) in [5, 5.41) is 12.7. The second kappa shape index (κ2) is 6.50. The van der Waals surface area contributed by atoms with E-state index < -0.39 is 0 Å². The SMILES string of the molecule is CCSON=C(C#N)C1=CCCCC1. The fourth-order valence-corrected chi connectivity index (χ4v) is 1.55. The molecule has 76 valence electrons. The summed E-state index contributed by atoms with van der Waals surface area (Å²) in [7, 11) is 0. The molecule has 14 heavy (non-hydrogen) atoms. The third-order valence-corrected chi connectivity index (χ3v) is 2.42. The van der Waals surface area contributed by atoms with Crippen LogP contribution in [0.4, 0.5) is 0 Å². The second-order valence-electron chi connectivity index (χ2n) is 3.01. The van der Waals surface area contributed by atoms with Gasteiger partial charge >= 0.3 is 0 Å². The van der Waals surface area contributed by atoms with Gasteiger partial charge < -0.3 is 4.28 Å². The van der Waals surface area contributed by atoms with Crippen molar-refractivity contribution in [2.75, 3.05) is 5.75 Å². The number of nitrogens with zero attached hydrogens (tertiary/aromatic N) is 2. The van der Waals surface area contributed by atoms with Crippen molar-refractivity contribution < 1.29 is 4.28 Å². The Labute approximate surface area is 89.0 Å². The molecule has 4 heteroatoms. The van der Waals surface area contributed by atoms with Crippen LogP contribution in [0.2, 0.25) is 0 Å². The summed E-state index contributed by atoms with van der Waals surface area (Å²) in [6, 6.07) is 2.07. The summed E-state index contributed by atoms with van der Waals surface area (Å²) in [4.78, 5) is 0. The second-order valence-corrected chi connectivity index (χ2v) is 3.97. The summed E-state index contributed by atoms with van der Waals surface area (Å²) in [5.41, 5.74) is 1.47. The molecule has 0 saturated heterocycles. The summed E-state index contributed by atoms with van der Waals surface area (Å²) in [6.07, 6.45) is 6.45. The van der Waals surface area contributed by atoms with Gasteiger partial charge in [-0.25, -0.2) is 0 Å². The normalized spacial score (nSPS) is 17.1. The van der Waals surface area contributed by atoms with E-state index in [9.17, 15) is 0 Å². The average molecular weight is 210 g/mol. The van der Waals surface area contributed by atoms with Crippen LogP contribution in [0.25, 0.3) is 0 Å². The van der Waals surface area contributed by atoms with Crippen LogP contribution in [-0.2, 0) is 4.28 Å². The Morgan fingerprint density at radius 1 is 1.71 bits per heavy atom. The molecule has 0 amide bonds. The molecule has 0 spiro atoms. The number of rotatable bonds is 4. The van der Waals surface area contributed by atoms with E-state index >= 15 is 0 Å². The number of hydrogen-bond acceptors (Lipinski definition) is 4. The minimum atomic E-state index is 0.436. The Bertz CT molecular complexity index is 278. The lowest BCUT2D eigenvalue weighted by Gasteiger charge is -2.09. The molecule has 0 aromatic carbocycles. The van der Waals surface area contributed by atoms with Crippen molar-refractivity contribution in [2.45, 2.75) is 32.6 Å². The third kappa shape index (κ3) is 3.43. The molecule has 0 saturated carbocycles. The summed E-state index contributed by atoms with van der Waals surface area (Å²) in [5.74, 6) is 0.835. The van der Waals surface area contributed by atoms with Crippen LogP contribution in [0.3, 0.4) is 0 Å². The highest BCUT2D eigenvalue weighted by Crippen LogP contribution is 2.19. The largest absolute Gasteiger partial charge is 0.321 e. The van der Waals surface area contributed by atoms with E-state index in [1.807, 2.05) is 6.92 Å². The van der Waals surface area contributed by atoms with Crippen LogP contribution in [0.5, 0.6) is 0 Å². The predicted molar refractivity (Wildman–Crippen MR) is 58.8 cm³/mol. The molecule has 0 N–H and O–H groups in total. The summed E-state index contributed by atoms with van der Waals surface area (Å²) < 4.78 is 4.93. The molecule has 0 radical (unpaired) electrons. The fourth-order valence-electron chi connectivity index (χ4n) is 1.32. The van der Waals surface area contributed by atoms with Crippen LogP contribution < -0.4 is 0 Å². The highest BCUT2D eigenvalue weighted by Gasteiger charge is 2.10. The standard InChI is InChI=1S/C10H14N2OS/c1-2-14-13-12-10(8-11)9-6-4-3-5-7-9/h6H,2-5,7H2,1H3. The lowest BCUT2D eigenvalue weighted by Crippen LogP contribution is -2.03. The Kier molecular flexibility index (Phi) is 5.16. The van der Waals surface area contributed by atoms with Crippen LogP contribution in [0.15, 0.2) is 16.8 Å². The van der Waals surface area contributed by atoms with Crippen LogP contribution in [0, 0.1) is 11.3 Å². The van der Waals surface area contributed by atoms with E-state index in [1.54, 1.807) is 0 Å². The zero-order chi connectivity index (χ0) is 10.2. The first-order chi connectivity index (χ1) is 6.88. The van der Waals surface area contributed by atoms with Gasteiger partial charge in [-0.15, -0.1) is 0 Å². The van der Waals surface area contributed by atoms with Crippen molar-refractivity contribution in [1.82, 2.24) is 0 Å². The smallest absolute Gasteiger partial charge is 0.184 e. The van der Waals surface area contributed by atoms with Gasteiger partial charge in [-0.2, -0.15) is 5.26 Å². The average Bonchev–Trinajstić information content (AvgIpc) is 2.26. The van der Waals surface area contributed by atoms with E-state index in [-0.39, 0.29) is 0 Å². The molecular formula is C10H14N2OS. The van der Waals surface area contributed by atoms with Gasteiger partial charge in [-0.3, -0.25) is 0 Å². The van der Waals surface area contributed by atoms with Gasteiger partial charge in [0.25, 0.3) is 0 Å². The first-order valence-electron chi connectivity index (χ1n) is 4.84. The molecule has 0 aromatic heterocycles. The zero-order valence-corrected chi connectivity index (χ0v) is 9.14. The quantitative estimate of drug-likeness (QED) is 0.310. The van der Waals surface area contributed by atoms with Crippen molar-refractivity contribution in [3.05, 3.63) is 11.6 Å². The van der Waals surface area contributed by atoms with Gasteiger partial charge in [0.15, 0.2) is 5.71 Å². The number of hydrogen-bond donors (Lipinski definition) is 0. The summed E-state index contributed by atoms with van der Waals surface area (Å²) >= 11 is 1.25. The molecule has 0 bridgehead atoms. The molecule has 1 aliphatic rings. The third-order valence-electron chi connectivity index (χ3n) is 2.00. The maximum absolute atomic E-state index is 8.87. The van der Waals surface area contributed by atoms with Crippen LogP contribution >= 0.6 is 12.0 Å². The number of oxime groups is 1. The van der Waals surface area contributed by atoms with E-state index in [0.717, 1.165) is 30.6 Å². The first-order valence-corrected chi connectivity index (χ1v) is 5.75. The van der Waals surface area contributed by atoms with Gasteiger partial charge in [-0.1, -0.05) is 18.2 Å². The van der Waals surface area contributed by atoms with Crippen molar-refractivity contribution >= 4 is 17.8 Å². The Morgan fingerprint density at radius 2 is 2.57 bits per heavy atom. The lowest BCUT2D eigenvalue weighted by molar-refractivity contribution is 0.406. The minimum absolute atomic E-state index is 0.436. The molecule has 0 unspecified atom stereocenters. The highest BCUT2D eigenvalue weighted by atomic mass is 32.2. The van der Waals surface area contributed by atoms with Crippen molar-refractivity contribution in [3.63, 3.8) is 0 Å². The van der Waals surface area contributed by atoms with Crippen molar-refractivity contribution in [3.8, 4) is 6.07 Å². The molecule has 1 rings (SSSR count). The van der Waals surface area contributed by atoms with Crippen molar-refractivity contribution in [1.29, 1.82) is 5.26 Å². The predicted octanol–water partition coefficient (Wildman–Crippen LogP) is 3.05. The first kappa shape index (κ1) is 11.1. The van der Waals surface area contributed by atoms with E-state index in [0.29, 0.717) is 5.71 Å². The van der Waals surface area contributed by atoms with Gasteiger partial charge in [0, 0.05) is 5.75 Å². The molecule has 0 heterocycles. The maximum Gasteiger partial charge on any atom is 0.184 e. The van der Waals surface area contributed by atoms with Crippen LogP contribution in [0.1, 0.15) is 32.6 Å². The number of nitriles is 1. The molecular weight excluding hydrogens is 196 g/mol. The van der Waals surface area contributed by atoms with Gasteiger partial charge in [-0.05, 0) is 31.3 Å². The molecule has 0 fully saturated rings. The Hall–Kier alpha value is -0.950. The monoisotopic (exact) mass is 210 g/mol. The Balaban J connectivity index is 2.57. The molecule has 0 aliphatic heterocycles. The van der Waals surface area contributed by atoms with Gasteiger partial charge in [0.05, 0.1) is 12.0 Å². The van der Waals surface area contributed by atoms with Crippen LogP contribution in [-0.4, -0.2) is 11.5 Å². The molecule has 3 nitrogen and oxygen atoms in total. The van der Waals surface area contributed by atoms with Gasteiger partial charge in [0.1, 0.15) is 6.07 Å². The highest BCUT2D eigenvalue weighted by molar-refractivity contribution is 7.94. The minimum Gasteiger partial charge on any atom is -0.321 e. The molecule has 1 aliphatic carbocycles. The molecule has 0 atom stereocenters. The summed E-state index contributed by atoms with van der Waals surface area (Å²) in [6.45, 7) is 1.98. The number of allylic oxidation sites excluding steroid dienone is 2. The Morgan fingerprint density at radius 3 is 3.14 bits per heavy atom. The van der Waals surface area contributed by atoms with E-state index in [4.69, 9.17) is 9.55 Å². The zero-order valence-electron chi connectivity index (χ0n) is 8.32. The van der Waals surface area contributed by atoms with E-state index in [2.05, 4.69) is 17.3 Å². The molecule has 0 aromatic rings. The van der Waals surface area contributed by atoms with Gasteiger partial charge in [0.2, 0.25) is 0 Å². The van der Waals surface area contributed by atoms with E-state index in [1.165, 1.54) is 18.5 Å². The maximum atomic E-state index is 8.87. The lowest BCUT2D eigenvalue weighted by atomic mass is 9.97. The van der Waals surface area contributed by atoms with Crippen molar-refractivity contribution in [2.24, 2.45) is 5.16 Å². The fraction of sp³-hybridized carbons (Fsp3) is 0.600. The topological polar surface area (TPSA) is 45.4 Å².